The zero-order valence-corrected chi connectivity index (χ0v) is 8.62. The van der Waals surface area contributed by atoms with E-state index in [1.165, 1.54) is 0 Å². The summed E-state index contributed by atoms with van der Waals surface area (Å²) in [6, 6.07) is 0.235. The van der Waals surface area contributed by atoms with Crippen LogP contribution in [0.4, 0.5) is 0 Å². The quantitative estimate of drug-likeness (QED) is 0.585. The van der Waals surface area contributed by atoms with Gasteiger partial charge in [-0.15, -0.1) is 0 Å². The lowest BCUT2D eigenvalue weighted by Gasteiger charge is -2.26. The summed E-state index contributed by atoms with van der Waals surface area (Å²) in [5.41, 5.74) is 10.7. The van der Waals surface area contributed by atoms with Gasteiger partial charge in [-0.1, -0.05) is 13.3 Å². The maximum atomic E-state index is 10.7. The first kappa shape index (κ1) is 12.4. The highest BCUT2D eigenvalue weighted by atomic mass is 16.1. The van der Waals surface area contributed by atoms with E-state index in [1.54, 1.807) is 0 Å². The fourth-order valence-corrected chi connectivity index (χ4v) is 1.17. The smallest absolute Gasteiger partial charge is 0.231 e. The predicted molar refractivity (Wildman–Crippen MR) is 54.2 cm³/mol. The van der Waals surface area contributed by atoms with Crippen molar-refractivity contribution in [3.05, 3.63) is 0 Å². The summed E-state index contributed by atoms with van der Waals surface area (Å²) >= 11 is 0. The molecule has 0 heterocycles. The minimum Gasteiger partial charge on any atom is -0.369 e. The third-order valence-electron chi connectivity index (χ3n) is 2.12. The molecule has 0 aliphatic carbocycles. The van der Waals surface area contributed by atoms with Crippen LogP contribution in [-0.2, 0) is 4.79 Å². The van der Waals surface area contributed by atoms with Crippen LogP contribution < -0.4 is 11.5 Å². The Morgan fingerprint density at radius 2 is 2.15 bits per heavy atom. The molecular formula is C9H21N3O. The van der Waals surface area contributed by atoms with Crippen LogP contribution in [0.15, 0.2) is 0 Å². The fourth-order valence-electron chi connectivity index (χ4n) is 1.17. The Bertz CT molecular complexity index is 150. The van der Waals surface area contributed by atoms with Crippen LogP contribution in [0.5, 0.6) is 0 Å². The van der Waals surface area contributed by atoms with E-state index in [9.17, 15) is 4.79 Å². The number of carbonyl (C=O) groups is 1. The summed E-state index contributed by atoms with van der Waals surface area (Å²) in [7, 11) is 0. The van der Waals surface area contributed by atoms with Crippen molar-refractivity contribution < 1.29 is 4.79 Å². The van der Waals surface area contributed by atoms with Gasteiger partial charge in [0.05, 0.1) is 6.54 Å². The Labute approximate surface area is 80.3 Å². The lowest BCUT2D eigenvalue weighted by molar-refractivity contribution is -0.119. The number of amides is 1. The van der Waals surface area contributed by atoms with Gasteiger partial charge in [-0.3, -0.25) is 9.69 Å². The summed E-state index contributed by atoms with van der Waals surface area (Å²) in [4.78, 5) is 12.8. The molecule has 0 radical (unpaired) electrons. The van der Waals surface area contributed by atoms with Crippen LogP contribution in [0.1, 0.15) is 26.7 Å². The number of unbranched alkanes of at least 4 members (excludes halogenated alkanes) is 1. The molecular weight excluding hydrogens is 166 g/mol. The Balaban J connectivity index is 3.94. The molecule has 4 nitrogen and oxygen atoms in total. The SMILES string of the molecule is CCCCN(CC(N)=O)C(C)CN. The van der Waals surface area contributed by atoms with Gasteiger partial charge in [0, 0.05) is 12.6 Å². The average Bonchev–Trinajstić information content (AvgIpc) is 2.10. The second kappa shape index (κ2) is 6.86. The highest BCUT2D eigenvalue weighted by molar-refractivity contribution is 5.75. The van der Waals surface area contributed by atoms with Gasteiger partial charge in [-0.05, 0) is 19.9 Å². The van der Waals surface area contributed by atoms with Crippen molar-refractivity contribution in [2.75, 3.05) is 19.6 Å². The first-order valence-corrected chi connectivity index (χ1v) is 4.84. The molecule has 0 spiro atoms. The second-order valence-electron chi connectivity index (χ2n) is 3.38. The third-order valence-corrected chi connectivity index (χ3v) is 2.12. The molecule has 1 atom stereocenters. The Hall–Kier alpha value is -0.610. The molecule has 0 saturated heterocycles. The second-order valence-corrected chi connectivity index (χ2v) is 3.38. The minimum absolute atomic E-state index is 0.235. The van der Waals surface area contributed by atoms with Crippen molar-refractivity contribution in [3.63, 3.8) is 0 Å². The highest BCUT2D eigenvalue weighted by Crippen LogP contribution is 2.00. The first-order chi connectivity index (χ1) is 6.11. The number of nitrogens with zero attached hydrogens (tertiary/aromatic N) is 1. The lowest BCUT2D eigenvalue weighted by Crippen LogP contribution is -2.43. The van der Waals surface area contributed by atoms with Gasteiger partial charge < -0.3 is 11.5 Å². The molecule has 0 rings (SSSR count). The number of carbonyl (C=O) groups excluding carboxylic acids is 1. The molecule has 0 saturated carbocycles. The van der Waals surface area contributed by atoms with E-state index < -0.39 is 0 Å². The monoisotopic (exact) mass is 187 g/mol. The van der Waals surface area contributed by atoms with Crippen molar-refractivity contribution in [2.24, 2.45) is 11.5 Å². The van der Waals surface area contributed by atoms with Crippen molar-refractivity contribution in [2.45, 2.75) is 32.7 Å². The highest BCUT2D eigenvalue weighted by Gasteiger charge is 2.13. The van der Waals surface area contributed by atoms with E-state index in [1.807, 2.05) is 11.8 Å². The van der Waals surface area contributed by atoms with Gasteiger partial charge >= 0.3 is 0 Å². The minimum atomic E-state index is -0.281. The normalized spacial score (nSPS) is 13.2. The Morgan fingerprint density at radius 3 is 2.54 bits per heavy atom. The van der Waals surface area contributed by atoms with Gasteiger partial charge in [0.15, 0.2) is 0 Å². The molecule has 78 valence electrons. The Kier molecular flexibility index (Phi) is 6.54. The molecule has 1 unspecified atom stereocenters. The van der Waals surface area contributed by atoms with E-state index in [0.29, 0.717) is 13.1 Å². The fraction of sp³-hybridized carbons (Fsp3) is 0.889. The van der Waals surface area contributed by atoms with Crippen LogP contribution in [0.2, 0.25) is 0 Å². The number of hydrogen-bond acceptors (Lipinski definition) is 3. The first-order valence-electron chi connectivity index (χ1n) is 4.84. The molecule has 0 aliphatic rings. The summed E-state index contributed by atoms with van der Waals surface area (Å²) in [5.74, 6) is -0.281. The molecule has 4 heteroatoms. The molecule has 0 fully saturated rings. The Morgan fingerprint density at radius 1 is 1.54 bits per heavy atom. The maximum Gasteiger partial charge on any atom is 0.231 e. The zero-order valence-electron chi connectivity index (χ0n) is 8.62. The predicted octanol–water partition coefficient (Wildman–Crippen LogP) is -0.0790. The molecule has 13 heavy (non-hydrogen) atoms. The molecule has 0 bridgehead atoms. The third kappa shape index (κ3) is 5.60. The van der Waals surface area contributed by atoms with Gasteiger partial charge in [0.2, 0.25) is 5.91 Å². The molecule has 0 aliphatic heterocycles. The maximum absolute atomic E-state index is 10.7. The van der Waals surface area contributed by atoms with Gasteiger partial charge in [-0.25, -0.2) is 0 Å². The molecule has 1 amide bonds. The average molecular weight is 187 g/mol. The topological polar surface area (TPSA) is 72.3 Å². The largest absolute Gasteiger partial charge is 0.369 e. The molecule has 4 N–H and O–H groups in total. The summed E-state index contributed by atoms with van der Waals surface area (Å²) < 4.78 is 0. The molecule has 0 aromatic rings. The van der Waals surface area contributed by atoms with Crippen molar-refractivity contribution in [1.29, 1.82) is 0 Å². The van der Waals surface area contributed by atoms with Crippen LogP contribution in [0.3, 0.4) is 0 Å². The van der Waals surface area contributed by atoms with Gasteiger partial charge in [0.25, 0.3) is 0 Å². The molecule has 0 aromatic carbocycles. The number of nitrogens with two attached hydrogens (primary N) is 2. The van der Waals surface area contributed by atoms with Crippen LogP contribution >= 0.6 is 0 Å². The number of primary amides is 1. The van der Waals surface area contributed by atoms with Gasteiger partial charge in [-0.2, -0.15) is 0 Å². The van der Waals surface area contributed by atoms with E-state index >= 15 is 0 Å². The zero-order chi connectivity index (χ0) is 10.3. The van der Waals surface area contributed by atoms with Crippen molar-refractivity contribution >= 4 is 5.91 Å². The van der Waals surface area contributed by atoms with E-state index in [4.69, 9.17) is 11.5 Å². The van der Waals surface area contributed by atoms with Crippen LogP contribution in [-0.4, -0.2) is 36.5 Å². The van der Waals surface area contributed by atoms with Crippen molar-refractivity contribution in [3.8, 4) is 0 Å². The summed E-state index contributed by atoms with van der Waals surface area (Å²) in [5, 5.41) is 0. The van der Waals surface area contributed by atoms with Crippen LogP contribution in [0.25, 0.3) is 0 Å². The summed E-state index contributed by atoms with van der Waals surface area (Å²) in [6.07, 6.45) is 2.20. The standard InChI is InChI=1S/C9H21N3O/c1-3-4-5-12(7-9(11)13)8(2)6-10/h8H,3-7,10H2,1-2H3,(H2,11,13). The summed E-state index contributed by atoms with van der Waals surface area (Å²) in [6.45, 7) is 5.92. The molecule has 0 aromatic heterocycles. The van der Waals surface area contributed by atoms with E-state index in [2.05, 4.69) is 6.92 Å². The van der Waals surface area contributed by atoms with Gasteiger partial charge in [0.1, 0.15) is 0 Å². The number of rotatable bonds is 7. The van der Waals surface area contributed by atoms with E-state index in [-0.39, 0.29) is 11.9 Å². The number of hydrogen-bond donors (Lipinski definition) is 2. The van der Waals surface area contributed by atoms with Crippen LogP contribution in [0, 0.1) is 0 Å². The van der Waals surface area contributed by atoms with Crippen molar-refractivity contribution in [1.82, 2.24) is 4.90 Å². The lowest BCUT2D eigenvalue weighted by atomic mass is 10.2. The van der Waals surface area contributed by atoms with E-state index in [0.717, 1.165) is 19.4 Å².